The molecule has 0 saturated carbocycles. The second kappa shape index (κ2) is 11.9. The first kappa shape index (κ1) is 24.9. The predicted octanol–water partition coefficient (Wildman–Crippen LogP) is 6.05. The van der Waals surface area contributed by atoms with Crippen molar-refractivity contribution in [2.45, 2.75) is 20.0 Å². The van der Waals surface area contributed by atoms with Gasteiger partial charge in [-0.25, -0.2) is 13.6 Å². The first-order valence-electron chi connectivity index (χ1n) is 10.4. The van der Waals surface area contributed by atoms with Gasteiger partial charge in [-0.2, -0.15) is 0 Å². The standard InChI is InChI=1S/C25H22ClF2N3O3/c1-2-7-22(16-8-4-3-5-9-16)31-34-15-17-12-13-18(14-19(17)26)29-25(33)30-24(32)23-20(27)10-6-11-21(23)28/h3-14,31H,2,15H2,1H3,(H2,29,30,32,33). The summed E-state index contributed by atoms with van der Waals surface area (Å²) in [6.07, 6.45) is 2.81. The topological polar surface area (TPSA) is 79.5 Å². The zero-order chi connectivity index (χ0) is 24.5. The summed E-state index contributed by atoms with van der Waals surface area (Å²) in [7, 11) is 0. The maximum absolute atomic E-state index is 13.7. The molecule has 9 heteroatoms. The van der Waals surface area contributed by atoms with Gasteiger partial charge in [0.1, 0.15) is 23.8 Å². The van der Waals surface area contributed by atoms with Crippen LogP contribution in [0.2, 0.25) is 5.02 Å². The van der Waals surface area contributed by atoms with Crippen molar-refractivity contribution < 1.29 is 23.2 Å². The van der Waals surface area contributed by atoms with Crippen LogP contribution in [0.5, 0.6) is 0 Å². The third-order valence-electron chi connectivity index (χ3n) is 4.63. The number of hydroxylamine groups is 1. The van der Waals surface area contributed by atoms with E-state index < -0.39 is 29.1 Å². The number of halogens is 3. The Hall–Kier alpha value is -3.75. The van der Waals surface area contributed by atoms with Gasteiger partial charge in [0.2, 0.25) is 0 Å². The van der Waals surface area contributed by atoms with E-state index in [4.69, 9.17) is 16.4 Å². The van der Waals surface area contributed by atoms with Crippen LogP contribution in [0.1, 0.15) is 34.8 Å². The fourth-order valence-electron chi connectivity index (χ4n) is 3.02. The lowest BCUT2D eigenvalue weighted by Crippen LogP contribution is -2.35. The van der Waals surface area contributed by atoms with E-state index in [0.717, 1.165) is 35.9 Å². The number of nitrogens with one attached hydrogen (secondary N) is 3. The van der Waals surface area contributed by atoms with Gasteiger partial charge in [0, 0.05) is 10.7 Å². The second-order valence-electron chi connectivity index (χ2n) is 7.09. The number of urea groups is 1. The molecule has 0 saturated heterocycles. The molecule has 3 aromatic carbocycles. The van der Waals surface area contributed by atoms with Gasteiger partial charge in [0.15, 0.2) is 0 Å². The summed E-state index contributed by atoms with van der Waals surface area (Å²) in [6, 6.07) is 16.4. The molecule has 0 aromatic heterocycles. The molecule has 6 nitrogen and oxygen atoms in total. The Labute approximate surface area is 200 Å². The van der Waals surface area contributed by atoms with Crippen molar-refractivity contribution >= 4 is 34.9 Å². The Morgan fingerprint density at radius 1 is 1.00 bits per heavy atom. The van der Waals surface area contributed by atoms with Crippen LogP contribution in [0.4, 0.5) is 19.3 Å². The van der Waals surface area contributed by atoms with Crippen LogP contribution in [0.25, 0.3) is 5.70 Å². The third kappa shape index (κ3) is 6.63. The molecule has 0 spiro atoms. The molecule has 0 heterocycles. The van der Waals surface area contributed by atoms with Gasteiger partial charge in [-0.05, 0) is 41.8 Å². The highest BCUT2D eigenvalue weighted by Gasteiger charge is 2.19. The summed E-state index contributed by atoms with van der Waals surface area (Å²) in [5.74, 6) is -3.35. The molecule has 0 bridgehead atoms. The summed E-state index contributed by atoms with van der Waals surface area (Å²) in [4.78, 5) is 29.7. The Morgan fingerprint density at radius 2 is 1.71 bits per heavy atom. The molecule has 0 unspecified atom stereocenters. The summed E-state index contributed by atoms with van der Waals surface area (Å²) in [5, 5.41) is 4.59. The van der Waals surface area contributed by atoms with Gasteiger partial charge in [0.25, 0.3) is 5.91 Å². The summed E-state index contributed by atoms with van der Waals surface area (Å²) in [5.41, 5.74) is 4.81. The van der Waals surface area contributed by atoms with E-state index in [1.165, 1.54) is 6.07 Å². The molecule has 3 aromatic rings. The number of carbonyl (C=O) groups excluding carboxylic acids is 2. The molecule has 0 aliphatic rings. The third-order valence-corrected chi connectivity index (χ3v) is 4.98. The highest BCUT2D eigenvalue weighted by molar-refractivity contribution is 6.31. The van der Waals surface area contributed by atoms with Gasteiger partial charge in [-0.3, -0.25) is 20.4 Å². The zero-order valence-corrected chi connectivity index (χ0v) is 19.0. The number of hydrogen-bond acceptors (Lipinski definition) is 4. The van der Waals surface area contributed by atoms with Crippen LogP contribution in [0.15, 0.2) is 72.8 Å². The van der Waals surface area contributed by atoms with E-state index in [9.17, 15) is 18.4 Å². The molecule has 0 aliphatic carbocycles. The SMILES string of the molecule is CCC=C(NOCc1ccc(NC(=O)NC(=O)c2c(F)cccc2F)cc1Cl)c1ccccc1. The van der Waals surface area contributed by atoms with E-state index in [2.05, 4.69) is 10.8 Å². The van der Waals surface area contributed by atoms with Gasteiger partial charge in [0.05, 0.1) is 5.70 Å². The monoisotopic (exact) mass is 485 g/mol. The molecule has 0 aliphatic heterocycles. The Morgan fingerprint density at radius 3 is 2.35 bits per heavy atom. The van der Waals surface area contributed by atoms with Crippen molar-refractivity contribution in [3.63, 3.8) is 0 Å². The molecule has 3 amide bonds. The van der Waals surface area contributed by atoms with Crippen LogP contribution in [-0.4, -0.2) is 11.9 Å². The highest BCUT2D eigenvalue weighted by Crippen LogP contribution is 2.22. The van der Waals surface area contributed by atoms with Crippen molar-refractivity contribution in [2.24, 2.45) is 0 Å². The predicted molar refractivity (Wildman–Crippen MR) is 127 cm³/mol. The lowest BCUT2D eigenvalue weighted by molar-refractivity contribution is 0.0645. The first-order chi connectivity index (χ1) is 16.4. The van der Waals surface area contributed by atoms with Crippen molar-refractivity contribution in [1.29, 1.82) is 0 Å². The number of imide groups is 1. The van der Waals surface area contributed by atoms with Gasteiger partial charge < -0.3 is 5.32 Å². The Bertz CT molecular complexity index is 1180. The fraction of sp³-hybridized carbons (Fsp3) is 0.120. The van der Waals surface area contributed by atoms with Crippen LogP contribution in [-0.2, 0) is 11.4 Å². The van der Waals surface area contributed by atoms with E-state index in [1.807, 2.05) is 48.6 Å². The number of allylic oxidation sites excluding steroid dienone is 1. The number of carbonyl (C=O) groups is 2. The summed E-state index contributed by atoms with van der Waals surface area (Å²) >= 11 is 6.29. The van der Waals surface area contributed by atoms with Gasteiger partial charge in [-0.1, -0.05) is 67.1 Å². The minimum absolute atomic E-state index is 0.143. The van der Waals surface area contributed by atoms with Crippen molar-refractivity contribution in [3.8, 4) is 0 Å². The van der Waals surface area contributed by atoms with Crippen molar-refractivity contribution in [3.05, 3.63) is 106 Å². The van der Waals surface area contributed by atoms with E-state index in [-0.39, 0.29) is 12.3 Å². The maximum atomic E-state index is 13.7. The smallest absolute Gasteiger partial charge is 0.308 e. The number of hydrogen-bond donors (Lipinski definition) is 3. The summed E-state index contributed by atoms with van der Waals surface area (Å²) in [6.45, 7) is 2.16. The fourth-order valence-corrected chi connectivity index (χ4v) is 3.25. The summed E-state index contributed by atoms with van der Waals surface area (Å²) < 4.78 is 27.4. The zero-order valence-electron chi connectivity index (χ0n) is 18.2. The molecule has 3 rings (SSSR count). The van der Waals surface area contributed by atoms with Crippen LogP contribution >= 0.6 is 11.6 Å². The number of rotatable bonds is 8. The van der Waals surface area contributed by atoms with Crippen molar-refractivity contribution in [1.82, 2.24) is 10.8 Å². The average Bonchev–Trinajstić information content (AvgIpc) is 2.80. The molecular formula is C25H22ClF2N3O3. The van der Waals surface area contributed by atoms with E-state index >= 15 is 0 Å². The normalized spacial score (nSPS) is 11.1. The lowest BCUT2D eigenvalue weighted by Gasteiger charge is -2.13. The largest absolute Gasteiger partial charge is 0.326 e. The Balaban J connectivity index is 1.57. The molecule has 176 valence electrons. The molecule has 34 heavy (non-hydrogen) atoms. The highest BCUT2D eigenvalue weighted by atomic mass is 35.5. The van der Waals surface area contributed by atoms with Crippen LogP contribution < -0.4 is 16.1 Å². The maximum Gasteiger partial charge on any atom is 0.326 e. The van der Waals surface area contributed by atoms with Crippen molar-refractivity contribution in [2.75, 3.05) is 5.32 Å². The van der Waals surface area contributed by atoms with Gasteiger partial charge in [-0.15, -0.1) is 0 Å². The number of benzene rings is 3. The molecule has 0 fully saturated rings. The van der Waals surface area contributed by atoms with Gasteiger partial charge >= 0.3 is 6.03 Å². The second-order valence-corrected chi connectivity index (χ2v) is 7.50. The number of amides is 3. The minimum atomic E-state index is -1.20. The van der Waals surface area contributed by atoms with Crippen LogP contribution in [0, 0.1) is 11.6 Å². The molecule has 0 radical (unpaired) electrons. The molecule has 0 atom stereocenters. The Kier molecular flexibility index (Phi) is 8.73. The minimum Gasteiger partial charge on any atom is -0.308 e. The van der Waals surface area contributed by atoms with Crippen LogP contribution in [0.3, 0.4) is 0 Å². The molecule has 3 N–H and O–H groups in total. The number of anilines is 1. The van der Waals surface area contributed by atoms with E-state index in [0.29, 0.717) is 10.6 Å². The lowest BCUT2D eigenvalue weighted by atomic mass is 10.1. The average molecular weight is 486 g/mol. The first-order valence-corrected chi connectivity index (χ1v) is 10.7. The quantitative estimate of drug-likeness (QED) is 0.339. The van der Waals surface area contributed by atoms with E-state index in [1.54, 1.807) is 12.1 Å². The molecular weight excluding hydrogens is 464 g/mol.